The summed E-state index contributed by atoms with van der Waals surface area (Å²) < 4.78 is 26.6. The van der Waals surface area contributed by atoms with Gasteiger partial charge in [-0.05, 0) is 36.2 Å². The lowest BCUT2D eigenvalue weighted by Gasteiger charge is -2.24. The molecule has 0 amide bonds. The maximum atomic E-state index is 13.3. The topological polar surface area (TPSA) is 32.3 Å². The summed E-state index contributed by atoms with van der Waals surface area (Å²) in [7, 11) is 0. The van der Waals surface area contributed by atoms with Crippen LogP contribution in [0.5, 0.6) is 0 Å². The predicted molar refractivity (Wildman–Crippen MR) is 108 cm³/mol. The van der Waals surface area contributed by atoms with E-state index in [0.29, 0.717) is 11.3 Å². The van der Waals surface area contributed by atoms with Crippen LogP contribution in [0.4, 0.5) is 14.6 Å². The molecule has 3 aromatic rings. The molecule has 0 radical (unpaired) electrons. The van der Waals surface area contributed by atoms with Crippen LogP contribution in [0.2, 0.25) is 5.02 Å². The van der Waals surface area contributed by atoms with E-state index in [2.05, 4.69) is 19.8 Å². The number of hydrogen-bond acceptors (Lipinski definition) is 4. The lowest BCUT2D eigenvalue weighted by Crippen LogP contribution is -2.31. The average molecular weight is 403 g/mol. The van der Waals surface area contributed by atoms with Crippen LogP contribution < -0.4 is 4.90 Å². The second-order valence-corrected chi connectivity index (χ2v) is 7.40. The molecule has 1 aliphatic rings. The molecular weight excluding hydrogens is 382 g/mol. The molecule has 2 heterocycles. The van der Waals surface area contributed by atoms with Crippen LogP contribution >= 0.6 is 11.6 Å². The lowest BCUT2D eigenvalue weighted by atomic mass is 10.2. The second kappa shape index (κ2) is 8.37. The Kier molecular flexibility index (Phi) is 5.69. The summed E-state index contributed by atoms with van der Waals surface area (Å²) in [6.45, 7) is 4.14. The highest BCUT2D eigenvalue weighted by Gasteiger charge is 2.21. The number of aromatic nitrogens is 2. The Hall–Kier alpha value is -2.31. The number of benzene rings is 2. The average Bonchev–Trinajstić information content (AvgIpc) is 2.94. The first-order valence-corrected chi connectivity index (χ1v) is 9.74. The SMILES string of the molecule is FC(F)c1nc(N2CCCN(Cc3ccc(Cl)cc3)CC2)c2ccccc2n1. The van der Waals surface area contributed by atoms with E-state index in [9.17, 15) is 8.78 Å². The van der Waals surface area contributed by atoms with Crippen molar-refractivity contribution in [3.8, 4) is 0 Å². The third-order valence-corrected chi connectivity index (χ3v) is 5.26. The third-order valence-electron chi connectivity index (χ3n) is 5.00. The van der Waals surface area contributed by atoms with Gasteiger partial charge in [-0.2, -0.15) is 0 Å². The molecule has 0 spiro atoms. The zero-order valence-corrected chi connectivity index (χ0v) is 16.1. The van der Waals surface area contributed by atoms with Crippen LogP contribution in [-0.2, 0) is 6.54 Å². The van der Waals surface area contributed by atoms with Gasteiger partial charge in [0.15, 0.2) is 5.82 Å². The number of rotatable bonds is 4. The van der Waals surface area contributed by atoms with Crippen LogP contribution in [0.3, 0.4) is 0 Å². The number of anilines is 1. The molecule has 2 aromatic carbocycles. The minimum atomic E-state index is -2.68. The third kappa shape index (κ3) is 4.23. The molecule has 0 N–H and O–H groups in total. The van der Waals surface area contributed by atoms with Crippen molar-refractivity contribution >= 4 is 28.3 Å². The fourth-order valence-corrected chi connectivity index (χ4v) is 3.73. The van der Waals surface area contributed by atoms with Gasteiger partial charge in [-0.3, -0.25) is 4.90 Å². The number of hydrogen-bond donors (Lipinski definition) is 0. The number of alkyl halides is 2. The minimum Gasteiger partial charge on any atom is -0.355 e. The van der Waals surface area contributed by atoms with Gasteiger partial charge >= 0.3 is 0 Å². The van der Waals surface area contributed by atoms with Crippen molar-refractivity contribution < 1.29 is 8.78 Å². The summed E-state index contributed by atoms with van der Waals surface area (Å²) in [5.41, 5.74) is 1.77. The largest absolute Gasteiger partial charge is 0.355 e. The Morgan fingerprint density at radius 1 is 0.929 bits per heavy atom. The number of para-hydroxylation sites is 1. The summed E-state index contributed by atoms with van der Waals surface area (Å²) in [6, 6.07) is 15.2. The highest BCUT2D eigenvalue weighted by molar-refractivity contribution is 6.30. The van der Waals surface area contributed by atoms with Gasteiger partial charge in [0.05, 0.1) is 5.52 Å². The molecule has 7 heteroatoms. The van der Waals surface area contributed by atoms with Gasteiger partial charge in [0.25, 0.3) is 6.43 Å². The maximum absolute atomic E-state index is 13.3. The molecule has 28 heavy (non-hydrogen) atoms. The van der Waals surface area contributed by atoms with Gasteiger partial charge in [0.2, 0.25) is 0 Å². The second-order valence-electron chi connectivity index (χ2n) is 6.97. The van der Waals surface area contributed by atoms with Gasteiger partial charge in [-0.15, -0.1) is 0 Å². The Bertz CT molecular complexity index is 949. The Morgan fingerprint density at radius 3 is 2.50 bits per heavy atom. The van der Waals surface area contributed by atoms with Crippen LogP contribution in [0.25, 0.3) is 10.9 Å². The fourth-order valence-electron chi connectivity index (χ4n) is 3.60. The fraction of sp³-hybridized carbons (Fsp3) is 0.333. The Balaban J connectivity index is 1.55. The van der Waals surface area contributed by atoms with E-state index in [-0.39, 0.29) is 0 Å². The monoisotopic (exact) mass is 402 g/mol. The zero-order chi connectivity index (χ0) is 19.5. The summed E-state index contributed by atoms with van der Waals surface area (Å²) >= 11 is 5.96. The van der Waals surface area contributed by atoms with E-state index in [1.807, 2.05) is 42.5 Å². The first-order valence-electron chi connectivity index (χ1n) is 9.37. The maximum Gasteiger partial charge on any atom is 0.297 e. The highest BCUT2D eigenvalue weighted by atomic mass is 35.5. The number of halogens is 3. The molecule has 4 rings (SSSR count). The molecule has 1 aromatic heterocycles. The molecule has 0 unspecified atom stereocenters. The summed E-state index contributed by atoms with van der Waals surface area (Å²) in [4.78, 5) is 12.7. The van der Waals surface area contributed by atoms with Crippen molar-refractivity contribution in [3.05, 3.63) is 64.9 Å². The number of nitrogens with zero attached hydrogens (tertiary/aromatic N) is 4. The van der Waals surface area contributed by atoms with Crippen LogP contribution in [0, 0.1) is 0 Å². The molecule has 146 valence electrons. The van der Waals surface area contributed by atoms with E-state index in [0.717, 1.165) is 49.6 Å². The number of fused-ring (bicyclic) bond motifs is 1. The molecule has 1 saturated heterocycles. The van der Waals surface area contributed by atoms with Gasteiger partial charge in [0, 0.05) is 43.1 Å². The van der Waals surface area contributed by atoms with Gasteiger partial charge in [-0.25, -0.2) is 18.7 Å². The highest BCUT2D eigenvalue weighted by Crippen LogP contribution is 2.28. The van der Waals surface area contributed by atoms with Gasteiger partial charge in [0.1, 0.15) is 5.82 Å². The van der Waals surface area contributed by atoms with E-state index >= 15 is 0 Å². The Labute approximate surface area is 167 Å². The Morgan fingerprint density at radius 2 is 1.71 bits per heavy atom. The van der Waals surface area contributed by atoms with Crippen molar-refractivity contribution in [1.29, 1.82) is 0 Å². The summed E-state index contributed by atoms with van der Waals surface area (Å²) in [5.74, 6) is 0.199. The zero-order valence-electron chi connectivity index (χ0n) is 15.4. The normalized spacial score (nSPS) is 15.9. The van der Waals surface area contributed by atoms with Crippen molar-refractivity contribution in [2.24, 2.45) is 0 Å². The molecule has 0 aliphatic carbocycles. The molecule has 1 fully saturated rings. The van der Waals surface area contributed by atoms with Crippen LogP contribution in [-0.4, -0.2) is 41.0 Å². The first-order chi connectivity index (χ1) is 13.6. The van der Waals surface area contributed by atoms with Crippen LogP contribution in [0.15, 0.2) is 48.5 Å². The van der Waals surface area contributed by atoms with Gasteiger partial charge < -0.3 is 4.90 Å². The van der Waals surface area contributed by atoms with Crippen LogP contribution in [0.1, 0.15) is 24.2 Å². The van der Waals surface area contributed by atoms with E-state index in [4.69, 9.17) is 11.6 Å². The quantitative estimate of drug-likeness (QED) is 0.619. The minimum absolute atomic E-state index is 0.407. The summed E-state index contributed by atoms with van der Waals surface area (Å²) in [6.07, 6.45) is -1.74. The smallest absolute Gasteiger partial charge is 0.297 e. The van der Waals surface area contributed by atoms with Crippen molar-refractivity contribution in [2.75, 3.05) is 31.1 Å². The van der Waals surface area contributed by atoms with Crippen molar-refractivity contribution in [2.45, 2.75) is 19.4 Å². The molecule has 1 aliphatic heterocycles. The molecular formula is C21H21ClF2N4. The van der Waals surface area contributed by atoms with Crippen molar-refractivity contribution in [1.82, 2.24) is 14.9 Å². The van der Waals surface area contributed by atoms with E-state index < -0.39 is 12.2 Å². The van der Waals surface area contributed by atoms with E-state index in [1.165, 1.54) is 5.56 Å². The predicted octanol–water partition coefficient (Wildman–Crippen LogP) is 4.93. The lowest BCUT2D eigenvalue weighted by molar-refractivity contribution is 0.141. The summed E-state index contributed by atoms with van der Waals surface area (Å²) in [5, 5.41) is 1.55. The van der Waals surface area contributed by atoms with Gasteiger partial charge in [-0.1, -0.05) is 35.9 Å². The molecule has 4 nitrogen and oxygen atoms in total. The first kappa shape index (κ1) is 19.0. The molecule has 0 atom stereocenters. The van der Waals surface area contributed by atoms with E-state index in [1.54, 1.807) is 6.07 Å². The van der Waals surface area contributed by atoms with Crippen molar-refractivity contribution in [3.63, 3.8) is 0 Å². The molecule has 0 saturated carbocycles. The standard InChI is InChI=1S/C21H21ClF2N4/c22-16-8-6-15(7-9-16)14-27-10-3-11-28(13-12-27)21-17-4-1-2-5-18(17)25-20(26-21)19(23)24/h1-2,4-9,19H,3,10-14H2. The molecule has 0 bridgehead atoms.